The Morgan fingerprint density at radius 2 is 1.91 bits per heavy atom. The van der Waals surface area contributed by atoms with Gasteiger partial charge in [0.05, 0.1) is 6.61 Å². The number of nitrogens with two attached hydrogens (primary N) is 1. The van der Waals surface area contributed by atoms with Gasteiger partial charge in [-0.15, -0.1) is 24.8 Å². The van der Waals surface area contributed by atoms with E-state index in [4.69, 9.17) is 10.8 Å². The number of hydrogen-bond donors (Lipinski definition) is 3. The van der Waals surface area contributed by atoms with Crippen molar-refractivity contribution < 1.29 is 5.11 Å². The quantitative estimate of drug-likeness (QED) is 0.732. The zero-order chi connectivity index (χ0) is 14.7. The van der Waals surface area contributed by atoms with Gasteiger partial charge in [-0.3, -0.25) is 0 Å². The monoisotopic (exact) mass is 363 g/mol. The van der Waals surface area contributed by atoms with Gasteiger partial charge in [0.2, 0.25) is 0 Å². The van der Waals surface area contributed by atoms with E-state index in [1.807, 2.05) is 0 Å². The number of nitrogens with one attached hydrogen (secondary N) is 1. The van der Waals surface area contributed by atoms with E-state index in [1.165, 1.54) is 0 Å². The van der Waals surface area contributed by atoms with Gasteiger partial charge in [-0.25, -0.2) is 9.97 Å². The lowest BCUT2D eigenvalue weighted by Crippen LogP contribution is -2.40. The number of anilines is 1. The maximum atomic E-state index is 8.97. The van der Waals surface area contributed by atoms with Crippen molar-refractivity contribution in [2.75, 3.05) is 31.6 Å². The number of likely N-dealkylation sites (tertiary alicyclic amines) is 1. The van der Waals surface area contributed by atoms with Gasteiger partial charge >= 0.3 is 0 Å². The molecule has 6 nitrogen and oxygen atoms in total. The third-order valence-corrected chi connectivity index (χ3v) is 4.64. The molecule has 0 spiro atoms. The largest absolute Gasteiger partial charge is 0.395 e. The lowest BCUT2D eigenvalue weighted by atomic mass is 9.78. The van der Waals surface area contributed by atoms with Crippen molar-refractivity contribution in [3.05, 3.63) is 18.1 Å². The molecule has 1 aromatic rings. The molecule has 0 unspecified atom stereocenters. The third-order valence-electron chi connectivity index (χ3n) is 4.64. The Kier molecular flexibility index (Phi) is 8.50. The Morgan fingerprint density at radius 1 is 1.22 bits per heavy atom. The topological polar surface area (TPSA) is 87.3 Å². The number of aliphatic hydroxyl groups excluding tert-OH is 1. The molecule has 2 heterocycles. The molecule has 3 rings (SSSR count). The highest BCUT2D eigenvalue weighted by atomic mass is 35.5. The molecule has 132 valence electrons. The summed E-state index contributed by atoms with van der Waals surface area (Å²) in [6.45, 7) is 3.10. The minimum absolute atomic E-state index is 0. The molecule has 23 heavy (non-hydrogen) atoms. The second-order valence-electron chi connectivity index (χ2n) is 6.24. The molecule has 1 saturated carbocycles. The first-order valence-corrected chi connectivity index (χ1v) is 7.92. The van der Waals surface area contributed by atoms with Crippen molar-refractivity contribution in [1.82, 2.24) is 14.9 Å². The van der Waals surface area contributed by atoms with Crippen molar-refractivity contribution in [2.24, 2.45) is 5.73 Å². The molecule has 0 aromatic carbocycles. The fourth-order valence-electron chi connectivity index (χ4n) is 3.23. The van der Waals surface area contributed by atoms with Gasteiger partial charge in [-0.05, 0) is 25.7 Å². The number of halogens is 2. The number of hydrogen-bond acceptors (Lipinski definition) is 6. The minimum Gasteiger partial charge on any atom is -0.395 e. The summed E-state index contributed by atoms with van der Waals surface area (Å²) in [4.78, 5) is 11.0. The van der Waals surface area contributed by atoms with Crippen molar-refractivity contribution >= 4 is 30.6 Å². The van der Waals surface area contributed by atoms with E-state index in [1.54, 1.807) is 6.33 Å². The Hall–Kier alpha value is -0.660. The second-order valence-corrected chi connectivity index (χ2v) is 6.24. The third kappa shape index (κ3) is 5.43. The Labute approximate surface area is 150 Å². The van der Waals surface area contributed by atoms with Crippen molar-refractivity contribution in [1.29, 1.82) is 0 Å². The first kappa shape index (κ1) is 20.4. The summed E-state index contributed by atoms with van der Waals surface area (Å²) < 4.78 is 0. The summed E-state index contributed by atoms with van der Waals surface area (Å²) in [7, 11) is 0. The number of aliphatic hydroxyl groups is 1. The maximum Gasteiger partial charge on any atom is 0.129 e. The average molecular weight is 364 g/mol. The molecule has 0 radical (unpaired) electrons. The molecule has 0 atom stereocenters. The normalized spacial score (nSPS) is 25.0. The van der Waals surface area contributed by atoms with Gasteiger partial charge in [0, 0.05) is 49.4 Å². The minimum atomic E-state index is 0. The molecule has 1 aliphatic heterocycles. The number of piperidine rings is 1. The van der Waals surface area contributed by atoms with E-state index in [0.717, 1.165) is 56.8 Å². The molecular formula is C15H27Cl2N5O. The lowest BCUT2D eigenvalue weighted by Gasteiger charge is -2.33. The Bertz CT molecular complexity index is 465. The molecule has 1 aliphatic carbocycles. The summed E-state index contributed by atoms with van der Waals surface area (Å²) in [6, 6.07) is 2.89. The molecule has 4 N–H and O–H groups in total. The van der Waals surface area contributed by atoms with Crippen LogP contribution in [0.3, 0.4) is 0 Å². The van der Waals surface area contributed by atoms with E-state index < -0.39 is 0 Å². The first-order chi connectivity index (χ1) is 10.2. The van der Waals surface area contributed by atoms with Gasteiger partial charge in [0.15, 0.2) is 0 Å². The number of nitrogens with zero attached hydrogens (tertiary/aromatic N) is 3. The van der Waals surface area contributed by atoms with Crippen molar-refractivity contribution in [2.45, 2.75) is 43.7 Å². The van der Waals surface area contributed by atoms with Crippen LogP contribution in [0.25, 0.3) is 0 Å². The van der Waals surface area contributed by atoms with Gasteiger partial charge in [0.1, 0.15) is 12.1 Å². The average Bonchev–Trinajstić information content (AvgIpc) is 2.47. The predicted molar refractivity (Wildman–Crippen MR) is 96.6 cm³/mol. The second kappa shape index (κ2) is 9.59. The standard InChI is InChI=1S/C15H25N5O.2ClH/c16-12-7-11(8-12)14-9-15(18-10-17-14)19-13-1-3-20(4-2-13)5-6-21;;/h9-13,21H,1-8,16H2,(H,17,18,19);2*1H. The molecule has 0 amide bonds. The van der Waals surface area contributed by atoms with Crippen LogP contribution in [0.1, 0.15) is 37.3 Å². The Balaban J connectivity index is 0.00000132. The molecule has 2 aliphatic rings. The van der Waals surface area contributed by atoms with Gasteiger partial charge in [0.25, 0.3) is 0 Å². The van der Waals surface area contributed by atoms with Crippen LogP contribution < -0.4 is 11.1 Å². The van der Waals surface area contributed by atoms with Crippen LogP contribution >= 0.6 is 24.8 Å². The van der Waals surface area contributed by atoms with E-state index in [9.17, 15) is 0 Å². The van der Waals surface area contributed by atoms with Crippen molar-refractivity contribution in [3.63, 3.8) is 0 Å². The molecule has 1 aromatic heterocycles. The number of aromatic nitrogens is 2. The fraction of sp³-hybridized carbons (Fsp3) is 0.733. The SMILES string of the molecule is Cl.Cl.NC1CC(c2cc(NC3CCN(CCO)CC3)ncn2)C1. The summed E-state index contributed by atoms with van der Waals surface area (Å²) in [6.07, 6.45) is 5.91. The first-order valence-electron chi connectivity index (χ1n) is 7.92. The van der Waals surface area contributed by atoms with Crippen LogP contribution in [0.5, 0.6) is 0 Å². The van der Waals surface area contributed by atoms with Gasteiger partial charge < -0.3 is 21.1 Å². The summed E-state index contributed by atoms with van der Waals surface area (Å²) in [5, 5.41) is 12.5. The lowest BCUT2D eigenvalue weighted by molar-refractivity contribution is 0.168. The maximum absolute atomic E-state index is 8.97. The van der Waals surface area contributed by atoms with Crippen molar-refractivity contribution in [3.8, 4) is 0 Å². The smallest absolute Gasteiger partial charge is 0.129 e. The van der Waals surface area contributed by atoms with Crippen LogP contribution in [0, 0.1) is 0 Å². The van der Waals surface area contributed by atoms with E-state index in [2.05, 4.69) is 26.3 Å². The summed E-state index contributed by atoms with van der Waals surface area (Å²) in [5.41, 5.74) is 6.97. The highest BCUT2D eigenvalue weighted by Crippen LogP contribution is 2.34. The Morgan fingerprint density at radius 3 is 2.52 bits per heavy atom. The zero-order valence-electron chi connectivity index (χ0n) is 13.2. The van der Waals surface area contributed by atoms with E-state index >= 15 is 0 Å². The summed E-state index contributed by atoms with van der Waals surface area (Å²) in [5.74, 6) is 1.44. The van der Waals surface area contributed by atoms with Gasteiger partial charge in [-0.1, -0.05) is 0 Å². The summed E-state index contributed by atoms with van der Waals surface area (Å²) >= 11 is 0. The highest BCUT2D eigenvalue weighted by Gasteiger charge is 2.28. The van der Waals surface area contributed by atoms with E-state index in [-0.39, 0.29) is 31.4 Å². The zero-order valence-corrected chi connectivity index (χ0v) is 14.9. The fourth-order valence-corrected chi connectivity index (χ4v) is 3.23. The van der Waals surface area contributed by atoms with Crippen LogP contribution in [0.2, 0.25) is 0 Å². The van der Waals surface area contributed by atoms with Crippen LogP contribution in [0.15, 0.2) is 12.4 Å². The predicted octanol–water partition coefficient (Wildman–Crippen LogP) is 1.39. The molecule has 0 bridgehead atoms. The molecular weight excluding hydrogens is 337 g/mol. The highest BCUT2D eigenvalue weighted by molar-refractivity contribution is 5.85. The number of rotatable bonds is 5. The van der Waals surface area contributed by atoms with Crippen LogP contribution in [0.4, 0.5) is 5.82 Å². The van der Waals surface area contributed by atoms with Crippen LogP contribution in [-0.2, 0) is 0 Å². The van der Waals surface area contributed by atoms with Crippen LogP contribution in [-0.4, -0.2) is 58.3 Å². The molecule has 2 fully saturated rings. The molecule has 1 saturated heterocycles. The number of β-amino-alcohol motifs (C(OH)–C–C–N with tert-alkyl or cyclic N) is 1. The van der Waals surface area contributed by atoms with E-state index in [0.29, 0.717) is 18.0 Å². The van der Waals surface area contributed by atoms with Gasteiger partial charge in [-0.2, -0.15) is 0 Å². The molecule has 8 heteroatoms.